The number of nitrogens with zero attached hydrogens (tertiary/aromatic N) is 2. The first-order valence-electron chi connectivity index (χ1n) is 9.94. The summed E-state index contributed by atoms with van der Waals surface area (Å²) in [6.45, 7) is 14.0. The predicted molar refractivity (Wildman–Crippen MR) is 114 cm³/mol. The molecule has 6 heteroatoms. The monoisotopic (exact) mass is 386 g/mol. The van der Waals surface area contributed by atoms with E-state index in [1.54, 1.807) is 7.05 Å². The molecule has 28 heavy (non-hydrogen) atoms. The maximum absolute atomic E-state index is 5.75. The molecule has 0 saturated carbocycles. The summed E-state index contributed by atoms with van der Waals surface area (Å²) in [5.74, 6) is 3.34. The second-order valence-corrected chi connectivity index (χ2v) is 7.73. The third-order valence-corrected chi connectivity index (χ3v) is 4.70. The fraction of sp³-hybridized carbons (Fsp3) is 0.545. The van der Waals surface area contributed by atoms with Gasteiger partial charge in [0.1, 0.15) is 11.5 Å². The van der Waals surface area contributed by atoms with Crippen molar-refractivity contribution in [3.8, 4) is 5.75 Å². The Bertz CT molecular complexity index is 746. The van der Waals surface area contributed by atoms with Gasteiger partial charge in [0.05, 0.1) is 18.3 Å². The molecule has 154 valence electrons. The summed E-state index contributed by atoms with van der Waals surface area (Å²) in [5, 5.41) is 10.9. The van der Waals surface area contributed by atoms with E-state index in [0.29, 0.717) is 5.92 Å². The number of guanidine groups is 1. The third-order valence-electron chi connectivity index (χ3n) is 4.70. The van der Waals surface area contributed by atoms with Crippen LogP contribution in [0.5, 0.6) is 5.75 Å². The first-order chi connectivity index (χ1) is 13.3. The van der Waals surface area contributed by atoms with Crippen LogP contribution in [0.25, 0.3) is 0 Å². The number of nitrogens with one attached hydrogen (secondary N) is 2. The maximum atomic E-state index is 5.75. The van der Waals surface area contributed by atoms with Gasteiger partial charge in [0.25, 0.3) is 0 Å². The van der Waals surface area contributed by atoms with Gasteiger partial charge >= 0.3 is 0 Å². The van der Waals surface area contributed by atoms with E-state index in [4.69, 9.17) is 9.26 Å². The van der Waals surface area contributed by atoms with E-state index < -0.39 is 0 Å². The lowest BCUT2D eigenvalue weighted by atomic mass is 10.00. The van der Waals surface area contributed by atoms with Crippen molar-refractivity contribution in [1.29, 1.82) is 0 Å². The van der Waals surface area contributed by atoms with Crippen LogP contribution in [0.4, 0.5) is 0 Å². The van der Waals surface area contributed by atoms with Gasteiger partial charge in [-0.1, -0.05) is 38.1 Å². The van der Waals surface area contributed by atoms with E-state index in [0.717, 1.165) is 41.9 Å². The maximum Gasteiger partial charge on any atom is 0.191 e. The van der Waals surface area contributed by atoms with Crippen molar-refractivity contribution in [1.82, 2.24) is 15.8 Å². The van der Waals surface area contributed by atoms with Gasteiger partial charge in [0.15, 0.2) is 5.96 Å². The SMILES string of the molecule is CN=C(NCC(C)c1c(C)noc1C)NC(C)c1ccc(OCC(C)C)cc1. The Hall–Kier alpha value is -2.50. The smallest absolute Gasteiger partial charge is 0.191 e. The number of ether oxygens (including phenoxy) is 1. The molecule has 2 rings (SSSR count). The molecule has 1 heterocycles. The Morgan fingerprint density at radius 1 is 1.14 bits per heavy atom. The highest BCUT2D eigenvalue weighted by Gasteiger charge is 2.17. The van der Waals surface area contributed by atoms with Crippen LogP contribution in [-0.4, -0.2) is 31.3 Å². The Kier molecular flexibility index (Phi) is 7.91. The summed E-state index contributed by atoms with van der Waals surface area (Å²) in [6.07, 6.45) is 0. The van der Waals surface area contributed by atoms with Gasteiger partial charge in [-0.25, -0.2) is 0 Å². The van der Waals surface area contributed by atoms with Gasteiger partial charge in [0, 0.05) is 25.1 Å². The zero-order valence-corrected chi connectivity index (χ0v) is 18.2. The molecule has 0 aliphatic rings. The van der Waals surface area contributed by atoms with Crippen LogP contribution < -0.4 is 15.4 Å². The molecule has 6 nitrogen and oxygen atoms in total. The number of aryl methyl sites for hydroxylation is 2. The summed E-state index contributed by atoms with van der Waals surface area (Å²) in [5.41, 5.74) is 3.29. The van der Waals surface area contributed by atoms with Gasteiger partial charge in [0.2, 0.25) is 0 Å². The van der Waals surface area contributed by atoms with Crippen LogP contribution in [0.3, 0.4) is 0 Å². The van der Waals surface area contributed by atoms with Crippen molar-refractivity contribution in [2.75, 3.05) is 20.2 Å². The molecule has 0 aliphatic carbocycles. The molecule has 2 aromatic rings. The van der Waals surface area contributed by atoms with Gasteiger partial charge in [-0.05, 0) is 44.4 Å². The molecule has 2 unspecified atom stereocenters. The average Bonchev–Trinajstić information content (AvgIpc) is 3.01. The summed E-state index contributed by atoms with van der Waals surface area (Å²) >= 11 is 0. The predicted octanol–water partition coefficient (Wildman–Crippen LogP) is 4.36. The van der Waals surface area contributed by atoms with E-state index in [1.165, 1.54) is 5.56 Å². The largest absolute Gasteiger partial charge is 0.493 e. The Labute approximate surface area is 168 Å². The van der Waals surface area contributed by atoms with Crippen LogP contribution in [0.2, 0.25) is 0 Å². The number of benzene rings is 1. The minimum Gasteiger partial charge on any atom is -0.493 e. The number of hydrogen-bond donors (Lipinski definition) is 2. The number of aliphatic imine (C=N–C) groups is 1. The highest BCUT2D eigenvalue weighted by molar-refractivity contribution is 5.80. The molecule has 0 amide bonds. The fourth-order valence-corrected chi connectivity index (χ4v) is 3.14. The molecular weight excluding hydrogens is 352 g/mol. The van der Waals surface area contributed by atoms with Crippen LogP contribution in [-0.2, 0) is 0 Å². The first-order valence-corrected chi connectivity index (χ1v) is 9.94. The van der Waals surface area contributed by atoms with Gasteiger partial charge in [-0.2, -0.15) is 0 Å². The number of rotatable bonds is 8. The molecule has 2 N–H and O–H groups in total. The van der Waals surface area contributed by atoms with Crippen molar-refractivity contribution < 1.29 is 9.26 Å². The molecular formula is C22H34N4O2. The minimum atomic E-state index is 0.125. The molecule has 0 saturated heterocycles. The van der Waals surface area contributed by atoms with Crippen molar-refractivity contribution in [2.24, 2.45) is 10.9 Å². The van der Waals surface area contributed by atoms with Gasteiger partial charge in [-0.15, -0.1) is 0 Å². The Balaban J connectivity index is 1.89. The lowest BCUT2D eigenvalue weighted by molar-refractivity contribution is 0.271. The van der Waals surface area contributed by atoms with E-state index in [-0.39, 0.29) is 12.0 Å². The highest BCUT2D eigenvalue weighted by atomic mass is 16.5. The van der Waals surface area contributed by atoms with Crippen molar-refractivity contribution in [2.45, 2.75) is 53.5 Å². The van der Waals surface area contributed by atoms with Crippen LogP contribution in [0, 0.1) is 19.8 Å². The van der Waals surface area contributed by atoms with E-state index in [9.17, 15) is 0 Å². The second-order valence-electron chi connectivity index (χ2n) is 7.73. The van der Waals surface area contributed by atoms with Gasteiger partial charge in [-0.3, -0.25) is 4.99 Å². The molecule has 0 bridgehead atoms. The topological polar surface area (TPSA) is 71.7 Å². The fourth-order valence-electron chi connectivity index (χ4n) is 3.14. The summed E-state index contributed by atoms with van der Waals surface area (Å²) in [7, 11) is 1.78. The summed E-state index contributed by atoms with van der Waals surface area (Å²) in [4.78, 5) is 4.35. The Morgan fingerprint density at radius 3 is 2.36 bits per heavy atom. The number of aromatic nitrogens is 1. The van der Waals surface area contributed by atoms with Crippen LogP contribution in [0.15, 0.2) is 33.8 Å². The molecule has 1 aromatic heterocycles. The average molecular weight is 387 g/mol. The standard InChI is InChI=1S/C22H34N4O2/c1-14(2)13-27-20-10-8-19(9-11-20)16(4)25-22(23-7)24-12-15(3)21-17(5)26-28-18(21)6/h8-11,14-16H,12-13H2,1-7H3,(H2,23,24,25). The van der Waals surface area contributed by atoms with E-state index >= 15 is 0 Å². The molecule has 0 radical (unpaired) electrons. The zero-order valence-electron chi connectivity index (χ0n) is 18.2. The first kappa shape index (κ1) is 21.8. The highest BCUT2D eigenvalue weighted by Crippen LogP contribution is 2.22. The van der Waals surface area contributed by atoms with Crippen LogP contribution in [0.1, 0.15) is 62.2 Å². The lowest BCUT2D eigenvalue weighted by Gasteiger charge is -2.20. The number of hydrogen-bond acceptors (Lipinski definition) is 4. The Morgan fingerprint density at radius 2 is 1.82 bits per heavy atom. The van der Waals surface area contributed by atoms with Gasteiger partial charge < -0.3 is 19.9 Å². The molecule has 1 aromatic carbocycles. The van der Waals surface area contributed by atoms with E-state index in [1.807, 2.05) is 26.0 Å². The third kappa shape index (κ3) is 6.01. The minimum absolute atomic E-state index is 0.125. The van der Waals surface area contributed by atoms with Crippen LogP contribution >= 0.6 is 0 Å². The quantitative estimate of drug-likeness (QED) is 0.521. The van der Waals surface area contributed by atoms with Crippen molar-refractivity contribution >= 4 is 5.96 Å². The molecule has 2 atom stereocenters. The molecule has 0 fully saturated rings. The lowest BCUT2D eigenvalue weighted by Crippen LogP contribution is -2.40. The van der Waals surface area contributed by atoms with Crippen molar-refractivity contribution in [3.63, 3.8) is 0 Å². The summed E-state index contributed by atoms with van der Waals surface area (Å²) in [6, 6.07) is 8.34. The normalized spacial score (nSPS) is 14.1. The summed E-state index contributed by atoms with van der Waals surface area (Å²) < 4.78 is 11.0. The second kappa shape index (κ2) is 10.2. The van der Waals surface area contributed by atoms with Crippen molar-refractivity contribution in [3.05, 3.63) is 46.8 Å². The zero-order chi connectivity index (χ0) is 20.7. The molecule has 0 aliphatic heterocycles. The molecule has 0 spiro atoms. The van der Waals surface area contributed by atoms with E-state index in [2.05, 4.69) is 60.6 Å².